The predicted molar refractivity (Wildman–Crippen MR) is 154 cm³/mol. The molecule has 4 rings (SSSR count). The first-order valence-corrected chi connectivity index (χ1v) is 13.7. The van der Waals surface area contributed by atoms with Crippen molar-refractivity contribution in [3.05, 3.63) is 70.4 Å². The van der Waals surface area contributed by atoms with Crippen molar-refractivity contribution in [2.24, 2.45) is 5.73 Å². The molecule has 2 N–H and O–H groups in total. The van der Waals surface area contributed by atoms with E-state index in [1.165, 1.54) is 11.1 Å². The highest BCUT2D eigenvalue weighted by atomic mass is 16.5. The standard InChI is InChI=1S/C31H41N5O2/c1-6-9-24-10-7-8-11-26(24)30-33-23(5)27(20-38-28-18-25(21(2)3)13-12-22(28)4)31(34-30)36-16-14-35(15-17-36)19-29(32)37/h7-8,10-13,18,21H,6,9,14-17,19-20H2,1-5H3,(H2,32,37). The second-order valence-electron chi connectivity index (χ2n) is 10.5. The molecule has 1 aromatic heterocycles. The number of nitrogens with zero attached hydrogens (tertiary/aromatic N) is 4. The van der Waals surface area contributed by atoms with Crippen molar-refractivity contribution >= 4 is 11.7 Å². The van der Waals surface area contributed by atoms with Crippen LogP contribution in [0.15, 0.2) is 42.5 Å². The summed E-state index contributed by atoms with van der Waals surface area (Å²) in [7, 11) is 0. The summed E-state index contributed by atoms with van der Waals surface area (Å²) in [6, 6.07) is 14.9. The van der Waals surface area contributed by atoms with Gasteiger partial charge in [0, 0.05) is 31.7 Å². The van der Waals surface area contributed by atoms with Crippen LogP contribution in [0.2, 0.25) is 0 Å². The molecule has 1 saturated heterocycles. The number of hydrogen-bond acceptors (Lipinski definition) is 6. The summed E-state index contributed by atoms with van der Waals surface area (Å²) in [6.45, 7) is 14.4. The lowest BCUT2D eigenvalue weighted by molar-refractivity contribution is -0.119. The number of benzene rings is 2. The summed E-state index contributed by atoms with van der Waals surface area (Å²) >= 11 is 0. The van der Waals surface area contributed by atoms with E-state index < -0.39 is 0 Å². The number of aryl methyl sites for hydroxylation is 3. The Hall–Kier alpha value is -3.45. The van der Waals surface area contributed by atoms with E-state index in [2.05, 4.69) is 86.9 Å². The third-order valence-electron chi connectivity index (χ3n) is 7.27. The second kappa shape index (κ2) is 12.4. The maximum absolute atomic E-state index is 11.4. The van der Waals surface area contributed by atoms with Crippen LogP contribution in [0, 0.1) is 13.8 Å². The van der Waals surface area contributed by atoms with Gasteiger partial charge in [-0.1, -0.05) is 63.6 Å². The number of rotatable bonds is 10. The van der Waals surface area contributed by atoms with Crippen LogP contribution in [-0.4, -0.2) is 53.5 Å². The fourth-order valence-corrected chi connectivity index (χ4v) is 4.98. The Kier molecular flexibility index (Phi) is 9.00. The Morgan fingerprint density at radius 1 is 1.05 bits per heavy atom. The Morgan fingerprint density at radius 3 is 2.47 bits per heavy atom. The van der Waals surface area contributed by atoms with Gasteiger partial charge in [0.05, 0.1) is 17.8 Å². The van der Waals surface area contributed by atoms with Gasteiger partial charge in [0.1, 0.15) is 18.2 Å². The number of nitrogens with two attached hydrogens (primary N) is 1. The molecule has 1 aliphatic rings. The molecule has 0 aliphatic carbocycles. The fraction of sp³-hybridized carbons (Fsp3) is 0.452. The van der Waals surface area contributed by atoms with Crippen molar-refractivity contribution in [3.63, 3.8) is 0 Å². The minimum Gasteiger partial charge on any atom is -0.488 e. The largest absolute Gasteiger partial charge is 0.488 e. The third kappa shape index (κ3) is 6.51. The molecule has 1 fully saturated rings. The van der Waals surface area contributed by atoms with Crippen molar-refractivity contribution in [1.29, 1.82) is 0 Å². The molecule has 3 aromatic rings. The van der Waals surface area contributed by atoms with Gasteiger partial charge in [-0.25, -0.2) is 9.97 Å². The number of hydrogen-bond donors (Lipinski definition) is 1. The average molecular weight is 516 g/mol. The molecule has 0 saturated carbocycles. The molecule has 202 valence electrons. The molecule has 0 bridgehead atoms. The smallest absolute Gasteiger partial charge is 0.231 e. The lowest BCUT2D eigenvalue weighted by atomic mass is 10.0. The quantitative estimate of drug-likeness (QED) is 0.408. The normalized spacial score (nSPS) is 14.2. The number of ether oxygens (including phenoxy) is 1. The lowest BCUT2D eigenvalue weighted by Gasteiger charge is -2.36. The highest BCUT2D eigenvalue weighted by Gasteiger charge is 2.24. The minimum atomic E-state index is -0.292. The van der Waals surface area contributed by atoms with Crippen LogP contribution in [0.5, 0.6) is 5.75 Å². The molecule has 1 amide bonds. The summed E-state index contributed by atoms with van der Waals surface area (Å²) in [5, 5.41) is 0. The maximum Gasteiger partial charge on any atom is 0.231 e. The highest BCUT2D eigenvalue weighted by Crippen LogP contribution is 2.31. The first-order chi connectivity index (χ1) is 18.3. The molecule has 0 atom stereocenters. The van der Waals surface area contributed by atoms with Gasteiger partial charge in [0.25, 0.3) is 0 Å². The molecule has 0 spiro atoms. The van der Waals surface area contributed by atoms with Crippen LogP contribution in [0.4, 0.5) is 5.82 Å². The Labute approximate surface area is 227 Å². The highest BCUT2D eigenvalue weighted by molar-refractivity contribution is 5.76. The van der Waals surface area contributed by atoms with Crippen LogP contribution < -0.4 is 15.4 Å². The molecule has 7 heteroatoms. The zero-order chi connectivity index (χ0) is 27.2. The fourth-order valence-electron chi connectivity index (χ4n) is 4.98. The zero-order valence-electron chi connectivity index (χ0n) is 23.5. The van der Waals surface area contributed by atoms with Crippen LogP contribution in [0.1, 0.15) is 61.1 Å². The third-order valence-corrected chi connectivity index (χ3v) is 7.27. The number of carbonyl (C=O) groups is 1. The van der Waals surface area contributed by atoms with Crippen molar-refractivity contribution in [2.45, 2.75) is 60.0 Å². The minimum absolute atomic E-state index is 0.285. The van der Waals surface area contributed by atoms with Crippen molar-refractivity contribution in [1.82, 2.24) is 14.9 Å². The van der Waals surface area contributed by atoms with E-state index in [0.717, 1.165) is 78.8 Å². The van der Waals surface area contributed by atoms with Gasteiger partial charge in [-0.05, 0) is 48.9 Å². The summed E-state index contributed by atoms with van der Waals surface area (Å²) in [5.74, 6) is 2.69. The Bertz CT molecular complexity index is 1270. The molecule has 2 heterocycles. The van der Waals surface area contributed by atoms with E-state index in [9.17, 15) is 4.79 Å². The zero-order valence-corrected chi connectivity index (χ0v) is 23.5. The van der Waals surface area contributed by atoms with Crippen molar-refractivity contribution in [3.8, 4) is 17.1 Å². The molecular weight excluding hydrogens is 474 g/mol. The van der Waals surface area contributed by atoms with Gasteiger partial charge in [-0.3, -0.25) is 9.69 Å². The summed E-state index contributed by atoms with van der Waals surface area (Å²) in [6.07, 6.45) is 2.04. The Balaban J connectivity index is 1.69. The van der Waals surface area contributed by atoms with Gasteiger partial charge in [0.15, 0.2) is 5.82 Å². The predicted octanol–water partition coefficient (Wildman–Crippen LogP) is 5.02. The van der Waals surface area contributed by atoms with Crippen molar-refractivity contribution < 1.29 is 9.53 Å². The van der Waals surface area contributed by atoms with E-state index in [-0.39, 0.29) is 12.5 Å². The number of amides is 1. The molecule has 38 heavy (non-hydrogen) atoms. The van der Waals surface area contributed by atoms with Crippen LogP contribution in [0.3, 0.4) is 0 Å². The van der Waals surface area contributed by atoms with Gasteiger partial charge < -0.3 is 15.4 Å². The number of carbonyl (C=O) groups excluding carboxylic acids is 1. The lowest BCUT2D eigenvalue weighted by Crippen LogP contribution is -2.49. The second-order valence-corrected chi connectivity index (χ2v) is 10.5. The van der Waals surface area contributed by atoms with Gasteiger partial charge in [-0.15, -0.1) is 0 Å². The van der Waals surface area contributed by atoms with E-state index in [1.54, 1.807) is 0 Å². The average Bonchev–Trinajstić information content (AvgIpc) is 2.89. The number of aromatic nitrogens is 2. The summed E-state index contributed by atoms with van der Waals surface area (Å²) in [5.41, 5.74) is 12.1. The first kappa shape index (κ1) is 27.6. The van der Waals surface area contributed by atoms with Gasteiger partial charge in [0.2, 0.25) is 5.91 Å². The molecule has 1 aliphatic heterocycles. The van der Waals surface area contributed by atoms with Crippen molar-refractivity contribution in [2.75, 3.05) is 37.6 Å². The maximum atomic E-state index is 11.4. The number of piperazine rings is 1. The molecular formula is C31H41N5O2. The summed E-state index contributed by atoms with van der Waals surface area (Å²) in [4.78, 5) is 26.0. The van der Waals surface area contributed by atoms with Crippen LogP contribution in [0.25, 0.3) is 11.4 Å². The number of primary amides is 1. The number of anilines is 1. The Morgan fingerprint density at radius 2 is 1.79 bits per heavy atom. The topological polar surface area (TPSA) is 84.6 Å². The summed E-state index contributed by atoms with van der Waals surface area (Å²) < 4.78 is 6.43. The van der Waals surface area contributed by atoms with E-state index in [0.29, 0.717) is 12.5 Å². The van der Waals surface area contributed by atoms with Gasteiger partial charge >= 0.3 is 0 Å². The monoisotopic (exact) mass is 515 g/mol. The first-order valence-electron chi connectivity index (χ1n) is 13.7. The van der Waals surface area contributed by atoms with Crippen LogP contribution in [-0.2, 0) is 17.8 Å². The molecule has 0 radical (unpaired) electrons. The molecule has 2 aromatic carbocycles. The van der Waals surface area contributed by atoms with E-state index >= 15 is 0 Å². The van der Waals surface area contributed by atoms with Gasteiger partial charge in [-0.2, -0.15) is 0 Å². The molecule has 7 nitrogen and oxygen atoms in total. The molecule has 0 unspecified atom stereocenters. The van der Waals surface area contributed by atoms with E-state index in [4.69, 9.17) is 20.4 Å². The SMILES string of the molecule is CCCc1ccccc1-c1nc(C)c(COc2cc(C(C)C)ccc2C)c(N2CCN(CC(N)=O)CC2)n1. The van der Waals surface area contributed by atoms with E-state index in [1.807, 2.05) is 0 Å². The van der Waals surface area contributed by atoms with Crippen LogP contribution >= 0.6 is 0 Å².